The lowest BCUT2D eigenvalue weighted by atomic mass is 10.1. The number of carbonyl (C=O) groups excluding carboxylic acids is 2. The lowest BCUT2D eigenvalue weighted by molar-refractivity contribution is -0.127. The van der Waals surface area contributed by atoms with E-state index in [0.717, 1.165) is 17.4 Å². The topological polar surface area (TPSA) is 104 Å². The molecule has 0 aliphatic carbocycles. The summed E-state index contributed by atoms with van der Waals surface area (Å²) in [5.41, 5.74) is 4.89. The van der Waals surface area contributed by atoms with Gasteiger partial charge in [0.2, 0.25) is 5.91 Å². The third kappa shape index (κ3) is 4.88. The summed E-state index contributed by atoms with van der Waals surface area (Å²) in [5, 5.41) is 0.530. The van der Waals surface area contributed by atoms with E-state index in [-0.39, 0.29) is 39.9 Å². The van der Waals surface area contributed by atoms with Gasteiger partial charge in [0.15, 0.2) is 23.1 Å². The summed E-state index contributed by atoms with van der Waals surface area (Å²) in [4.78, 5) is 30.4. The number of carbonyl (C=O) groups is 2. The Hall–Kier alpha value is -3.49. The fourth-order valence-corrected chi connectivity index (χ4v) is 4.69. The summed E-state index contributed by atoms with van der Waals surface area (Å²) < 4.78 is 44.3. The Morgan fingerprint density at radius 3 is 2.44 bits per heavy atom. The summed E-state index contributed by atoms with van der Waals surface area (Å²) in [6, 6.07) is 0.877. The van der Waals surface area contributed by atoms with Gasteiger partial charge in [0.05, 0.1) is 31.9 Å². The van der Waals surface area contributed by atoms with E-state index in [4.69, 9.17) is 19.9 Å². The van der Waals surface area contributed by atoms with Crippen LogP contribution in [-0.4, -0.2) is 62.2 Å². The first-order valence-electron chi connectivity index (χ1n) is 10.1. The van der Waals surface area contributed by atoms with Crippen molar-refractivity contribution in [3.05, 3.63) is 51.5 Å². The minimum atomic E-state index is -1.01. The van der Waals surface area contributed by atoms with Gasteiger partial charge in [0, 0.05) is 25.6 Å². The van der Waals surface area contributed by atoms with E-state index < -0.39 is 23.1 Å². The number of aromatic nitrogens is 1. The largest absolute Gasteiger partial charge is 0.493 e. The molecular weight excluding hydrogens is 468 g/mol. The van der Waals surface area contributed by atoms with Crippen LogP contribution in [0.3, 0.4) is 0 Å². The van der Waals surface area contributed by atoms with Crippen molar-refractivity contribution in [2.75, 3.05) is 34.5 Å². The molecule has 2 aromatic rings. The van der Waals surface area contributed by atoms with Crippen LogP contribution in [0.25, 0.3) is 0 Å². The predicted molar refractivity (Wildman–Crippen MR) is 121 cm³/mol. The van der Waals surface area contributed by atoms with Gasteiger partial charge in [-0.15, -0.1) is 11.3 Å². The van der Waals surface area contributed by atoms with Crippen LogP contribution in [0.15, 0.2) is 18.7 Å². The number of thiazole rings is 1. The highest BCUT2D eigenvalue weighted by Gasteiger charge is 2.37. The number of halogens is 2. The average Bonchev–Trinajstić information content (AvgIpc) is 3.43. The number of primary amides is 1. The first kappa shape index (κ1) is 25.1. The molecule has 11 heteroatoms. The fraction of sp³-hybridized carbons (Fsp3) is 0.348. The van der Waals surface area contributed by atoms with Crippen LogP contribution in [0.5, 0.6) is 11.5 Å². The Morgan fingerprint density at radius 2 is 1.91 bits per heavy atom. The molecule has 2 heterocycles. The smallest absolute Gasteiger partial charge is 0.261 e. The van der Waals surface area contributed by atoms with Gasteiger partial charge in [-0.3, -0.25) is 9.59 Å². The average molecular weight is 492 g/mol. The van der Waals surface area contributed by atoms with E-state index in [0.29, 0.717) is 24.6 Å². The van der Waals surface area contributed by atoms with Crippen LogP contribution in [0.2, 0.25) is 0 Å². The zero-order valence-electron chi connectivity index (χ0n) is 18.8. The lowest BCUT2D eigenvalue weighted by Gasteiger charge is -2.22. The molecule has 2 amide bonds. The van der Waals surface area contributed by atoms with Crippen LogP contribution in [0.1, 0.15) is 38.3 Å². The number of methoxy groups -OCH3 is 3. The zero-order valence-corrected chi connectivity index (χ0v) is 19.6. The minimum absolute atomic E-state index is 0.00937. The maximum absolute atomic E-state index is 14.6. The highest BCUT2D eigenvalue weighted by Crippen LogP contribution is 2.36. The molecule has 0 saturated carbocycles. The number of nitrogens with two attached hydrogens (primary N) is 1. The fourth-order valence-electron chi connectivity index (χ4n) is 3.71. The van der Waals surface area contributed by atoms with Crippen LogP contribution in [0.4, 0.5) is 8.78 Å². The predicted octanol–water partition coefficient (Wildman–Crippen LogP) is 2.45. The van der Waals surface area contributed by atoms with E-state index >= 15 is 0 Å². The summed E-state index contributed by atoms with van der Waals surface area (Å²) in [7, 11) is 3.99. The first-order valence-corrected chi connectivity index (χ1v) is 10.9. The highest BCUT2D eigenvalue weighted by atomic mass is 32.1. The second-order valence-electron chi connectivity index (χ2n) is 7.36. The Bertz CT molecular complexity index is 1160. The maximum atomic E-state index is 14.6. The first-order chi connectivity index (χ1) is 16.2. The molecule has 8 nitrogen and oxygen atoms in total. The summed E-state index contributed by atoms with van der Waals surface area (Å²) in [6.45, 7) is 4.19. The zero-order chi connectivity index (χ0) is 25.0. The molecule has 2 atom stereocenters. The van der Waals surface area contributed by atoms with Crippen molar-refractivity contribution in [2.45, 2.75) is 18.4 Å². The molecule has 34 heavy (non-hydrogen) atoms. The summed E-state index contributed by atoms with van der Waals surface area (Å²) in [6.07, 6.45) is 1.77. The van der Waals surface area contributed by atoms with Crippen LogP contribution < -0.4 is 15.2 Å². The molecule has 0 spiro atoms. The Kier molecular flexibility index (Phi) is 7.86. The number of amides is 2. The molecule has 0 bridgehead atoms. The number of hydrogen-bond acceptors (Lipinski definition) is 7. The van der Waals surface area contributed by atoms with E-state index in [1.165, 1.54) is 27.4 Å². The van der Waals surface area contributed by atoms with Crippen LogP contribution in [0, 0.1) is 23.5 Å². The van der Waals surface area contributed by atoms with Crippen molar-refractivity contribution in [2.24, 2.45) is 5.73 Å². The number of ether oxygens (including phenoxy) is 3. The molecule has 1 aromatic carbocycles. The van der Waals surface area contributed by atoms with E-state index in [2.05, 4.69) is 23.4 Å². The van der Waals surface area contributed by atoms with Crippen molar-refractivity contribution in [3.8, 4) is 23.3 Å². The third-order valence-corrected chi connectivity index (χ3v) is 6.56. The molecule has 1 saturated heterocycles. The third-order valence-electron chi connectivity index (χ3n) is 5.33. The Balaban J connectivity index is 2.01. The monoisotopic (exact) mass is 491 g/mol. The molecular formula is C23H23F2N3O5S. The molecule has 0 unspecified atom stereocenters. The Morgan fingerprint density at radius 1 is 1.26 bits per heavy atom. The van der Waals surface area contributed by atoms with Gasteiger partial charge in [0.25, 0.3) is 5.91 Å². The highest BCUT2D eigenvalue weighted by molar-refractivity contribution is 7.14. The molecule has 180 valence electrons. The van der Waals surface area contributed by atoms with Gasteiger partial charge in [0.1, 0.15) is 16.1 Å². The SMILES string of the molecule is C=CC(=O)N1C[C@@H](c2nc(C#Cc3c(F)c(OC)cc(OC)c3F)c(C(N)=O)s2)C[C@@H]1COC. The van der Waals surface area contributed by atoms with Crippen molar-refractivity contribution in [1.29, 1.82) is 0 Å². The molecule has 3 rings (SSSR count). The molecule has 2 N–H and O–H groups in total. The molecule has 0 radical (unpaired) electrons. The van der Waals surface area contributed by atoms with Crippen molar-refractivity contribution in [3.63, 3.8) is 0 Å². The van der Waals surface area contributed by atoms with Crippen molar-refractivity contribution in [1.82, 2.24) is 9.88 Å². The number of likely N-dealkylation sites (tertiary alicyclic amines) is 1. The van der Waals surface area contributed by atoms with E-state index in [9.17, 15) is 18.4 Å². The molecule has 1 aliphatic heterocycles. The van der Waals surface area contributed by atoms with Gasteiger partial charge in [-0.1, -0.05) is 12.5 Å². The van der Waals surface area contributed by atoms with Crippen LogP contribution >= 0.6 is 11.3 Å². The van der Waals surface area contributed by atoms with Crippen molar-refractivity contribution < 1.29 is 32.6 Å². The van der Waals surface area contributed by atoms with Crippen LogP contribution in [-0.2, 0) is 9.53 Å². The molecule has 1 aromatic heterocycles. The number of benzene rings is 1. The summed E-state index contributed by atoms with van der Waals surface area (Å²) in [5.74, 6) is 1.20. The second-order valence-corrected chi connectivity index (χ2v) is 8.40. The Labute approximate surface area is 199 Å². The lowest BCUT2D eigenvalue weighted by Crippen LogP contribution is -2.37. The maximum Gasteiger partial charge on any atom is 0.261 e. The van der Waals surface area contributed by atoms with E-state index in [1.807, 2.05) is 0 Å². The number of nitrogens with zero attached hydrogens (tertiary/aromatic N) is 2. The number of rotatable bonds is 7. The van der Waals surface area contributed by atoms with Gasteiger partial charge >= 0.3 is 0 Å². The standard InChI is InChI=1S/C23H23F2N3O5S/c1-5-18(29)28-10-12(8-13(28)11-31-2)23-27-15(21(34-23)22(26)30)7-6-14-19(24)16(32-3)9-17(33-4)20(14)25/h5,9,12-13H,1,8,10-11H2,2-4H3,(H2,26,30)/t12-,13+/m0/s1. The number of hydrogen-bond donors (Lipinski definition) is 1. The molecule has 1 fully saturated rings. The quantitative estimate of drug-likeness (QED) is 0.471. The van der Waals surface area contributed by atoms with Gasteiger partial charge in [-0.2, -0.15) is 0 Å². The van der Waals surface area contributed by atoms with Gasteiger partial charge in [-0.25, -0.2) is 13.8 Å². The minimum Gasteiger partial charge on any atom is -0.493 e. The molecule has 1 aliphatic rings. The van der Waals surface area contributed by atoms with E-state index in [1.54, 1.807) is 4.90 Å². The normalized spacial score (nSPS) is 17.1. The second kappa shape index (κ2) is 10.6. The van der Waals surface area contributed by atoms with Gasteiger partial charge < -0.3 is 24.8 Å². The van der Waals surface area contributed by atoms with Crippen molar-refractivity contribution >= 4 is 23.2 Å². The van der Waals surface area contributed by atoms with Gasteiger partial charge in [-0.05, 0) is 18.4 Å². The summed E-state index contributed by atoms with van der Waals surface area (Å²) >= 11 is 1.04.